The topological polar surface area (TPSA) is 588 Å². The molecule has 0 aromatic rings. The van der Waals surface area contributed by atoms with Gasteiger partial charge in [-0.1, -0.05) is 0 Å². The predicted molar refractivity (Wildman–Crippen MR) is 356 cm³/mol. The van der Waals surface area contributed by atoms with Crippen LogP contribution in [0.2, 0.25) is 0 Å². The summed E-state index contributed by atoms with van der Waals surface area (Å²) in [4.78, 5) is 131. The van der Waals surface area contributed by atoms with Crippen molar-refractivity contribution in [3.05, 3.63) is 0 Å². The van der Waals surface area contributed by atoms with Gasteiger partial charge in [-0.05, 0) is 38.5 Å². The largest absolute Gasteiger partial charge is 0.394 e. The summed E-state index contributed by atoms with van der Waals surface area (Å²) in [6.45, 7) is 1.80. The van der Waals surface area contributed by atoms with Gasteiger partial charge < -0.3 is 159 Å². The second-order valence-corrected chi connectivity index (χ2v) is 24.6. The number of nitrogens with zero attached hydrogens (tertiary/aromatic N) is 1. The Kier molecular flexibility index (Phi) is 46.9. The number of amides is 9. The number of nitrogens with one attached hydrogen (secondary N) is 7. The van der Waals surface area contributed by atoms with Gasteiger partial charge in [0.2, 0.25) is 41.4 Å². The summed E-state index contributed by atoms with van der Waals surface area (Å²) in [5.41, 5.74) is 0. The van der Waals surface area contributed by atoms with Gasteiger partial charge >= 0.3 is 5.97 Å². The van der Waals surface area contributed by atoms with Crippen molar-refractivity contribution in [2.45, 2.75) is 176 Å². The highest BCUT2D eigenvalue weighted by Gasteiger charge is 2.48. The van der Waals surface area contributed by atoms with Crippen LogP contribution in [0.15, 0.2) is 0 Å². The highest BCUT2D eigenvalue weighted by Crippen LogP contribution is 2.25. The number of aliphatic hydroxyl groups is 9. The first-order valence-electron chi connectivity index (χ1n) is 35.3. The number of unbranched alkanes of at least 4 members (excludes halogenated alkanes) is 2. The van der Waals surface area contributed by atoms with Gasteiger partial charge in [0, 0.05) is 46.7 Å². The number of hydrogen-bond donors (Lipinski definition) is 16. The van der Waals surface area contributed by atoms with E-state index in [0.717, 1.165) is 0 Å². The molecule has 4 saturated heterocycles. The molecule has 4 aliphatic heterocycles. The molecule has 4 heterocycles. The van der Waals surface area contributed by atoms with Crippen LogP contribution in [0.25, 0.3) is 0 Å². The van der Waals surface area contributed by atoms with Crippen LogP contribution in [0.3, 0.4) is 0 Å². The van der Waals surface area contributed by atoms with E-state index in [1.54, 1.807) is 0 Å². The van der Waals surface area contributed by atoms with E-state index in [1.165, 1.54) is 20.8 Å². The van der Waals surface area contributed by atoms with Crippen molar-refractivity contribution in [2.75, 3.05) is 172 Å². The molecule has 16 N–H and O–H groups in total. The van der Waals surface area contributed by atoms with Gasteiger partial charge in [0.05, 0.1) is 139 Å². The Hall–Kier alpha value is -6.06. The normalized spacial score (nSPS) is 25.7. The van der Waals surface area contributed by atoms with Crippen molar-refractivity contribution < 1.29 is 170 Å². The van der Waals surface area contributed by atoms with E-state index in [4.69, 9.17) is 75.9 Å². The quantitative estimate of drug-likeness (QED) is 0.0199. The first-order chi connectivity index (χ1) is 51.4. The van der Waals surface area contributed by atoms with Gasteiger partial charge in [-0.25, -0.2) is 4.79 Å². The molecule has 9 amide bonds. The number of ether oxygens (including phenoxy) is 15. The van der Waals surface area contributed by atoms with Crippen LogP contribution in [0, 0.1) is 0 Å². The summed E-state index contributed by atoms with van der Waals surface area (Å²) in [5.74, 6) is -6.80. The van der Waals surface area contributed by atoms with Crippen LogP contribution in [0.1, 0.15) is 72.1 Å². The Morgan fingerprint density at radius 3 is 1.02 bits per heavy atom. The highest BCUT2D eigenvalue weighted by molar-refractivity contribution is 6.02. The SMILES string of the molecule is CC(=O)N[C@H]1[C@H](OCCOCCOCCOCC(=O)NCCCCC(NC(=O)C(CCCCNC(=O)COCCOCCOCCOC2O[C@H](CO)C(O)[C@H](O)[C@H]2NC(C)=O)NC(=O)COCCOCCOCCO[C@@H]2O[C@H](CO)[C@H](O)[C@H](O)[C@H]2NC(C)=O)C(=O)ON2C(=O)CCC2=O)O[C@H](CO)[C@H](O)[C@@H]1O. The van der Waals surface area contributed by atoms with Crippen LogP contribution in [0.5, 0.6) is 0 Å². The first kappa shape index (κ1) is 93.3. The van der Waals surface area contributed by atoms with Gasteiger partial charge in [0.1, 0.15) is 105 Å². The molecule has 4 unspecified atom stereocenters. The number of aliphatic hydroxyl groups excluding tert-OH is 9. The Morgan fingerprint density at radius 2 is 0.701 bits per heavy atom. The molecule has 616 valence electrons. The molecule has 0 radical (unpaired) electrons. The third-order valence-electron chi connectivity index (χ3n) is 16.1. The summed E-state index contributed by atoms with van der Waals surface area (Å²) in [6, 6.07) is -6.13. The molecule has 0 saturated carbocycles. The Labute approximate surface area is 617 Å². The lowest BCUT2D eigenvalue weighted by Gasteiger charge is -2.42. The molecule has 0 aromatic heterocycles. The Morgan fingerprint density at radius 1 is 0.402 bits per heavy atom. The van der Waals surface area contributed by atoms with Crippen molar-refractivity contribution in [3.8, 4) is 0 Å². The van der Waals surface area contributed by atoms with E-state index in [2.05, 4.69) is 37.2 Å². The van der Waals surface area contributed by atoms with Gasteiger partial charge in [-0.15, -0.1) is 5.06 Å². The van der Waals surface area contributed by atoms with E-state index in [1.807, 2.05) is 0 Å². The maximum absolute atomic E-state index is 14.1. The molecule has 0 bridgehead atoms. The standard InChI is InChI=1S/C64H110N8O35/c1-38(76)67-51-57(87)54(84)43(32-73)104-62(51)101-29-26-95-17-14-92-20-23-98-35-46(79)65-12-6-4-8-41(70-48(81)37-100-25-22-94-16-19-97-28-31-103-64-53(69-40(3)78)59(89)56(86)45(34-75)106-64)60(90)71-42(61(91)107-72-49(82)10-11-50(72)83)9-5-7-13-66-47(80)36-99-24-21-93-15-18-96-27-30-102-63-52(68-39(2)77)58(88)55(85)44(33-74)105-63/h41-45,51-59,62-64,73-75,84-89H,4-37H2,1-3H3,(H,65,79)(H,66,80)(H,67,76)(H,68,77)(H,69,78)(H,70,81)(H,71,90)/t41?,42?,43-,44-,45-,51-,52-,53-,54?,55+,56+,57-,58-,59-,62?,63-,64-/m1/s1. The minimum Gasteiger partial charge on any atom is -0.394 e. The van der Waals surface area contributed by atoms with Crippen molar-refractivity contribution in [2.24, 2.45) is 0 Å². The maximum atomic E-state index is 14.1. The summed E-state index contributed by atoms with van der Waals surface area (Å²) in [6.07, 6.45) is -15.5. The number of rotatable bonds is 57. The number of imide groups is 1. The molecule has 17 atom stereocenters. The third-order valence-corrected chi connectivity index (χ3v) is 16.1. The van der Waals surface area contributed by atoms with Crippen LogP contribution < -0.4 is 37.2 Å². The summed E-state index contributed by atoms with van der Waals surface area (Å²) >= 11 is 0. The van der Waals surface area contributed by atoms with Gasteiger partial charge in [-0.3, -0.25) is 43.2 Å². The van der Waals surface area contributed by atoms with E-state index in [0.29, 0.717) is 5.06 Å². The average Bonchev–Trinajstić information content (AvgIpc) is 1.67. The van der Waals surface area contributed by atoms with E-state index < -0.39 is 190 Å². The van der Waals surface area contributed by atoms with Crippen LogP contribution >= 0.6 is 0 Å². The first-order valence-corrected chi connectivity index (χ1v) is 35.3. The Bertz CT molecular complexity index is 2610. The number of carbonyl (C=O) groups excluding carboxylic acids is 10. The summed E-state index contributed by atoms with van der Waals surface area (Å²) < 4.78 is 82.5. The molecule has 4 aliphatic rings. The van der Waals surface area contributed by atoms with E-state index >= 15 is 0 Å². The van der Waals surface area contributed by atoms with Crippen molar-refractivity contribution in [3.63, 3.8) is 0 Å². The molecule has 43 nitrogen and oxygen atoms in total. The molecule has 4 fully saturated rings. The van der Waals surface area contributed by atoms with E-state index in [-0.39, 0.29) is 197 Å². The van der Waals surface area contributed by atoms with Crippen LogP contribution in [-0.4, -0.2) is 386 Å². The van der Waals surface area contributed by atoms with Crippen molar-refractivity contribution >= 4 is 59.1 Å². The molecule has 0 aliphatic carbocycles. The minimum atomic E-state index is -1.49. The van der Waals surface area contributed by atoms with E-state index in [9.17, 15) is 93.9 Å². The molecular weight excluding hydrogens is 1440 g/mol. The van der Waals surface area contributed by atoms with Gasteiger partial charge in [-0.2, -0.15) is 0 Å². The van der Waals surface area contributed by atoms with Gasteiger partial charge in [0.25, 0.3) is 11.8 Å². The lowest BCUT2D eigenvalue weighted by Crippen LogP contribution is -2.64. The maximum Gasteiger partial charge on any atom is 0.355 e. The predicted octanol–water partition coefficient (Wildman–Crippen LogP) is -9.83. The fraction of sp³-hybridized carbons (Fsp3) is 0.844. The third kappa shape index (κ3) is 36.1. The number of hydrogen-bond acceptors (Lipinski definition) is 35. The molecule has 43 heteroatoms. The smallest absolute Gasteiger partial charge is 0.355 e. The molecular formula is C64H110N8O35. The average molecular weight is 1550 g/mol. The zero-order chi connectivity index (χ0) is 78.5. The van der Waals surface area contributed by atoms with Crippen LogP contribution in [-0.2, 0) is 124 Å². The molecule has 4 rings (SSSR count). The second-order valence-electron chi connectivity index (χ2n) is 24.6. The lowest BCUT2D eigenvalue weighted by atomic mass is 9.97. The minimum absolute atomic E-state index is 0.00363. The van der Waals surface area contributed by atoms with Crippen molar-refractivity contribution in [1.29, 1.82) is 0 Å². The number of carbonyl (C=O) groups is 10. The van der Waals surface area contributed by atoms with Gasteiger partial charge in [0.15, 0.2) is 18.9 Å². The molecule has 0 spiro atoms. The second kappa shape index (κ2) is 53.7. The molecule has 0 aromatic carbocycles. The summed E-state index contributed by atoms with van der Waals surface area (Å²) in [7, 11) is 0. The van der Waals surface area contributed by atoms with Crippen molar-refractivity contribution in [1.82, 2.24) is 42.3 Å². The Balaban J connectivity index is 1.19. The monoisotopic (exact) mass is 1550 g/mol. The van der Waals surface area contributed by atoms with Crippen LogP contribution in [0.4, 0.5) is 0 Å². The zero-order valence-corrected chi connectivity index (χ0v) is 60.4. The fourth-order valence-corrected chi connectivity index (χ4v) is 10.7. The molecule has 107 heavy (non-hydrogen) atoms. The fourth-order valence-electron chi connectivity index (χ4n) is 10.7. The highest BCUT2D eigenvalue weighted by atomic mass is 16.7. The number of hydroxylamine groups is 2. The zero-order valence-electron chi connectivity index (χ0n) is 60.4. The lowest BCUT2D eigenvalue weighted by molar-refractivity contribution is -0.272. The summed E-state index contributed by atoms with van der Waals surface area (Å²) in [5, 5.41) is 109.